The van der Waals surface area contributed by atoms with Crippen LogP contribution in [-0.4, -0.2) is 4.98 Å². The summed E-state index contributed by atoms with van der Waals surface area (Å²) in [6.45, 7) is -0.221. The first kappa shape index (κ1) is 9.11. The van der Waals surface area contributed by atoms with Gasteiger partial charge >= 0.3 is 29.6 Å². The number of hydrogen-bond donors (Lipinski definition) is 0. The first-order chi connectivity index (χ1) is 3.93. The maximum absolute atomic E-state index is 10.1. The van der Waals surface area contributed by atoms with E-state index in [2.05, 4.69) is 4.98 Å². The molecular formula is C6H6NNaO. The van der Waals surface area contributed by atoms with E-state index in [1.807, 2.05) is 0 Å². The third-order valence-electron chi connectivity index (χ3n) is 0.874. The fraction of sp³-hybridized carbons (Fsp3) is 0.167. The van der Waals surface area contributed by atoms with Crippen LogP contribution in [0.4, 0.5) is 0 Å². The normalized spacial score (nSPS) is 8.11. The maximum atomic E-state index is 10.1. The summed E-state index contributed by atoms with van der Waals surface area (Å²) in [5.74, 6) is 0. The Balaban J connectivity index is 0.000000640. The Bertz CT molecular complexity index is 154. The zero-order valence-corrected chi connectivity index (χ0v) is 7.37. The van der Waals surface area contributed by atoms with E-state index >= 15 is 0 Å². The van der Waals surface area contributed by atoms with Crippen LogP contribution in [0, 0.1) is 0 Å². The Kier molecular flexibility index (Phi) is 5.00. The topological polar surface area (TPSA) is 36.0 Å². The smallest absolute Gasteiger partial charge is 0.850 e. The van der Waals surface area contributed by atoms with Gasteiger partial charge in [0.15, 0.2) is 0 Å². The van der Waals surface area contributed by atoms with Crippen molar-refractivity contribution in [2.45, 2.75) is 6.61 Å². The SMILES string of the molecule is [Na+].[O-]Cc1ccccn1. The van der Waals surface area contributed by atoms with Gasteiger partial charge < -0.3 is 5.11 Å². The molecule has 0 amide bonds. The second-order valence-electron chi connectivity index (χ2n) is 1.47. The summed E-state index contributed by atoms with van der Waals surface area (Å²) in [5, 5.41) is 10.1. The average Bonchev–Trinajstić information content (AvgIpc) is 1.90. The molecule has 0 aliphatic carbocycles. The van der Waals surface area contributed by atoms with Gasteiger partial charge in [0, 0.05) is 11.9 Å². The summed E-state index contributed by atoms with van der Waals surface area (Å²) in [5.41, 5.74) is 0.604. The van der Waals surface area contributed by atoms with Crippen LogP contribution < -0.4 is 34.7 Å². The van der Waals surface area contributed by atoms with Crippen molar-refractivity contribution in [3.05, 3.63) is 30.1 Å². The summed E-state index contributed by atoms with van der Waals surface area (Å²) < 4.78 is 0. The molecule has 3 heteroatoms. The van der Waals surface area contributed by atoms with Crippen LogP contribution in [-0.2, 0) is 6.61 Å². The molecule has 0 saturated heterocycles. The van der Waals surface area contributed by atoms with Gasteiger partial charge in [-0.25, -0.2) is 0 Å². The number of nitrogens with zero attached hydrogens (tertiary/aromatic N) is 1. The number of hydrogen-bond acceptors (Lipinski definition) is 2. The van der Waals surface area contributed by atoms with Crippen LogP contribution in [0.1, 0.15) is 5.69 Å². The van der Waals surface area contributed by atoms with E-state index in [-0.39, 0.29) is 36.2 Å². The minimum atomic E-state index is -0.221. The van der Waals surface area contributed by atoms with Crippen LogP contribution >= 0.6 is 0 Å². The molecule has 1 rings (SSSR count). The minimum Gasteiger partial charge on any atom is -0.850 e. The van der Waals surface area contributed by atoms with Gasteiger partial charge in [0.05, 0.1) is 0 Å². The van der Waals surface area contributed by atoms with E-state index in [4.69, 9.17) is 0 Å². The van der Waals surface area contributed by atoms with Gasteiger partial charge in [-0.3, -0.25) is 4.98 Å². The monoisotopic (exact) mass is 131 g/mol. The first-order valence-electron chi connectivity index (χ1n) is 2.41. The summed E-state index contributed by atoms with van der Waals surface area (Å²) in [4.78, 5) is 3.78. The second kappa shape index (κ2) is 4.94. The van der Waals surface area contributed by atoms with Crippen molar-refractivity contribution in [3.63, 3.8) is 0 Å². The molecule has 0 aliphatic heterocycles. The molecule has 42 valence electrons. The summed E-state index contributed by atoms with van der Waals surface area (Å²) in [6.07, 6.45) is 1.62. The van der Waals surface area contributed by atoms with Crippen LogP contribution in [0.5, 0.6) is 0 Å². The third kappa shape index (κ3) is 2.96. The van der Waals surface area contributed by atoms with Gasteiger partial charge in [0.1, 0.15) is 0 Å². The van der Waals surface area contributed by atoms with Crippen LogP contribution in [0.25, 0.3) is 0 Å². The van der Waals surface area contributed by atoms with Gasteiger partial charge in [0.2, 0.25) is 0 Å². The molecule has 0 N–H and O–H groups in total. The molecule has 0 saturated carbocycles. The summed E-state index contributed by atoms with van der Waals surface area (Å²) in [6, 6.07) is 5.31. The maximum Gasteiger partial charge on any atom is 1.00 e. The predicted octanol–water partition coefficient (Wildman–Crippen LogP) is -3.05. The van der Waals surface area contributed by atoms with Gasteiger partial charge in [-0.1, -0.05) is 12.7 Å². The molecule has 0 aromatic carbocycles. The van der Waals surface area contributed by atoms with Gasteiger partial charge in [-0.2, -0.15) is 0 Å². The number of rotatable bonds is 1. The molecule has 1 aromatic heterocycles. The molecule has 0 bridgehead atoms. The Morgan fingerprint density at radius 3 is 2.56 bits per heavy atom. The number of aromatic nitrogens is 1. The Morgan fingerprint density at radius 1 is 1.44 bits per heavy atom. The predicted molar refractivity (Wildman–Crippen MR) is 27.9 cm³/mol. The van der Waals surface area contributed by atoms with E-state index in [0.717, 1.165) is 0 Å². The largest absolute Gasteiger partial charge is 1.00 e. The molecule has 0 aliphatic rings. The van der Waals surface area contributed by atoms with Crippen molar-refractivity contribution in [1.29, 1.82) is 0 Å². The van der Waals surface area contributed by atoms with Crippen molar-refractivity contribution in [3.8, 4) is 0 Å². The molecule has 9 heavy (non-hydrogen) atoms. The Morgan fingerprint density at radius 2 is 2.22 bits per heavy atom. The van der Waals surface area contributed by atoms with Gasteiger partial charge in [-0.05, 0) is 12.1 Å². The van der Waals surface area contributed by atoms with E-state index < -0.39 is 0 Å². The third-order valence-corrected chi connectivity index (χ3v) is 0.874. The molecule has 0 atom stereocenters. The minimum absolute atomic E-state index is 0. The Labute approximate surface area is 76.2 Å². The molecule has 2 nitrogen and oxygen atoms in total. The fourth-order valence-electron chi connectivity index (χ4n) is 0.484. The number of pyridine rings is 1. The zero-order chi connectivity index (χ0) is 5.82. The van der Waals surface area contributed by atoms with Gasteiger partial charge in [-0.15, -0.1) is 0 Å². The average molecular weight is 131 g/mol. The standard InChI is InChI=1S/C6H6NO.Na/c8-5-6-3-1-2-4-7-6;/h1-4H,5H2;/q-1;+1. The van der Waals surface area contributed by atoms with Crippen molar-refractivity contribution >= 4 is 0 Å². The molecule has 0 unspecified atom stereocenters. The quantitative estimate of drug-likeness (QED) is 0.379. The molecule has 0 fully saturated rings. The second-order valence-corrected chi connectivity index (χ2v) is 1.47. The molecule has 1 heterocycles. The zero-order valence-electron chi connectivity index (χ0n) is 5.37. The first-order valence-corrected chi connectivity index (χ1v) is 2.41. The van der Waals surface area contributed by atoms with E-state index in [0.29, 0.717) is 5.69 Å². The van der Waals surface area contributed by atoms with Crippen molar-refractivity contribution in [1.82, 2.24) is 4.98 Å². The van der Waals surface area contributed by atoms with Crippen molar-refractivity contribution < 1.29 is 34.7 Å². The van der Waals surface area contributed by atoms with Crippen molar-refractivity contribution in [2.75, 3.05) is 0 Å². The van der Waals surface area contributed by atoms with Crippen LogP contribution in [0.2, 0.25) is 0 Å². The molecule has 0 radical (unpaired) electrons. The summed E-state index contributed by atoms with van der Waals surface area (Å²) in [7, 11) is 0. The van der Waals surface area contributed by atoms with E-state index in [1.54, 1.807) is 24.4 Å². The molecule has 0 spiro atoms. The Hall–Kier alpha value is 0.110. The molecular weight excluding hydrogens is 125 g/mol. The van der Waals surface area contributed by atoms with Gasteiger partial charge in [0.25, 0.3) is 0 Å². The fourth-order valence-corrected chi connectivity index (χ4v) is 0.484. The van der Waals surface area contributed by atoms with Crippen molar-refractivity contribution in [2.24, 2.45) is 0 Å². The van der Waals surface area contributed by atoms with E-state index in [9.17, 15) is 5.11 Å². The summed E-state index contributed by atoms with van der Waals surface area (Å²) >= 11 is 0. The van der Waals surface area contributed by atoms with E-state index in [1.165, 1.54) is 0 Å². The van der Waals surface area contributed by atoms with Crippen LogP contribution in [0.15, 0.2) is 24.4 Å². The molecule has 1 aromatic rings. The van der Waals surface area contributed by atoms with Crippen LogP contribution in [0.3, 0.4) is 0 Å².